The third-order valence-corrected chi connectivity index (χ3v) is 3.26. The fourth-order valence-corrected chi connectivity index (χ4v) is 2.40. The summed E-state index contributed by atoms with van der Waals surface area (Å²) < 4.78 is 5.33. The average Bonchev–Trinajstić information content (AvgIpc) is 2.11. The molecule has 4 heteroatoms. The predicted molar refractivity (Wildman–Crippen MR) is 59.4 cm³/mol. The molecule has 1 aromatic rings. The van der Waals surface area contributed by atoms with Gasteiger partial charge in [0.25, 0.3) is 0 Å². The first-order chi connectivity index (χ1) is 6.20. The maximum Gasteiger partial charge on any atom is 0.139 e. The van der Waals surface area contributed by atoms with Crippen molar-refractivity contribution >= 4 is 35.0 Å². The average molecular weight is 237 g/mol. The summed E-state index contributed by atoms with van der Waals surface area (Å²) in [6.07, 6.45) is 1.93. The summed E-state index contributed by atoms with van der Waals surface area (Å²) >= 11 is 13.5. The van der Waals surface area contributed by atoms with Gasteiger partial charge >= 0.3 is 0 Å². The molecule has 0 saturated heterocycles. The highest BCUT2D eigenvalue weighted by Crippen LogP contribution is 2.38. The highest BCUT2D eigenvalue weighted by molar-refractivity contribution is 7.98. The van der Waals surface area contributed by atoms with E-state index in [1.165, 1.54) is 11.8 Å². The van der Waals surface area contributed by atoms with Gasteiger partial charge in [-0.05, 0) is 25.3 Å². The Bertz CT molecular complexity index is 302. The summed E-state index contributed by atoms with van der Waals surface area (Å²) in [5, 5.41) is 1.27. The molecule has 0 fully saturated rings. The standard InChI is InChI=1S/C9H10Cl2OS/c1-3-12-7-5-4-6(10)9(13-2)8(7)11/h4-5H,3H2,1-2H3. The van der Waals surface area contributed by atoms with Gasteiger partial charge in [0.05, 0.1) is 16.7 Å². The van der Waals surface area contributed by atoms with Crippen molar-refractivity contribution in [3.8, 4) is 5.75 Å². The monoisotopic (exact) mass is 236 g/mol. The first-order valence-corrected chi connectivity index (χ1v) is 5.83. The summed E-state index contributed by atoms with van der Waals surface area (Å²) in [6.45, 7) is 2.53. The topological polar surface area (TPSA) is 9.23 Å². The normalized spacial score (nSPS) is 10.2. The Morgan fingerprint density at radius 2 is 2.08 bits per heavy atom. The van der Waals surface area contributed by atoms with Crippen molar-refractivity contribution in [2.75, 3.05) is 12.9 Å². The lowest BCUT2D eigenvalue weighted by Crippen LogP contribution is -1.92. The van der Waals surface area contributed by atoms with Crippen LogP contribution in [0.5, 0.6) is 5.75 Å². The molecule has 1 nitrogen and oxygen atoms in total. The van der Waals surface area contributed by atoms with Crippen molar-refractivity contribution in [1.29, 1.82) is 0 Å². The van der Waals surface area contributed by atoms with E-state index < -0.39 is 0 Å². The second-order valence-electron chi connectivity index (χ2n) is 2.33. The van der Waals surface area contributed by atoms with Crippen LogP contribution in [-0.4, -0.2) is 12.9 Å². The van der Waals surface area contributed by atoms with E-state index >= 15 is 0 Å². The summed E-state index contributed by atoms with van der Waals surface area (Å²) in [5.74, 6) is 0.693. The van der Waals surface area contributed by atoms with Gasteiger partial charge in [0.1, 0.15) is 5.75 Å². The minimum absolute atomic E-state index is 0.599. The van der Waals surface area contributed by atoms with Crippen LogP contribution in [0.1, 0.15) is 6.92 Å². The molecule has 1 aromatic carbocycles. The van der Waals surface area contributed by atoms with E-state index in [0.29, 0.717) is 22.4 Å². The maximum absolute atomic E-state index is 6.06. The van der Waals surface area contributed by atoms with Crippen LogP contribution in [0.15, 0.2) is 17.0 Å². The van der Waals surface area contributed by atoms with Crippen molar-refractivity contribution < 1.29 is 4.74 Å². The molecule has 13 heavy (non-hydrogen) atoms. The van der Waals surface area contributed by atoms with Crippen LogP contribution in [-0.2, 0) is 0 Å². The van der Waals surface area contributed by atoms with E-state index in [1.54, 1.807) is 12.1 Å². The van der Waals surface area contributed by atoms with Crippen LogP contribution in [0.4, 0.5) is 0 Å². The van der Waals surface area contributed by atoms with Crippen LogP contribution in [0, 0.1) is 0 Å². The highest BCUT2D eigenvalue weighted by atomic mass is 35.5. The van der Waals surface area contributed by atoms with Gasteiger partial charge in [-0.1, -0.05) is 23.2 Å². The van der Waals surface area contributed by atoms with Crippen molar-refractivity contribution in [3.05, 3.63) is 22.2 Å². The molecule has 0 amide bonds. The van der Waals surface area contributed by atoms with E-state index in [9.17, 15) is 0 Å². The quantitative estimate of drug-likeness (QED) is 0.731. The van der Waals surface area contributed by atoms with Crippen LogP contribution in [0.3, 0.4) is 0 Å². The summed E-state index contributed by atoms with van der Waals surface area (Å²) in [6, 6.07) is 3.58. The molecule has 0 aliphatic rings. The molecule has 0 heterocycles. The predicted octanol–water partition coefficient (Wildman–Crippen LogP) is 4.11. The Kier molecular flexibility index (Phi) is 4.23. The second kappa shape index (κ2) is 4.99. The van der Waals surface area contributed by atoms with Gasteiger partial charge in [0.2, 0.25) is 0 Å². The lowest BCUT2D eigenvalue weighted by molar-refractivity contribution is 0.339. The van der Waals surface area contributed by atoms with Gasteiger partial charge in [-0.2, -0.15) is 0 Å². The van der Waals surface area contributed by atoms with Gasteiger partial charge in [-0.15, -0.1) is 11.8 Å². The molecule has 0 aliphatic carbocycles. The Balaban J connectivity index is 3.11. The van der Waals surface area contributed by atoms with Crippen LogP contribution >= 0.6 is 35.0 Å². The summed E-state index contributed by atoms with van der Waals surface area (Å²) in [7, 11) is 0. The number of hydrogen-bond donors (Lipinski definition) is 0. The fraction of sp³-hybridized carbons (Fsp3) is 0.333. The first kappa shape index (κ1) is 11.0. The summed E-state index contributed by atoms with van der Waals surface area (Å²) in [4.78, 5) is 0.870. The maximum atomic E-state index is 6.06. The van der Waals surface area contributed by atoms with Gasteiger partial charge in [0, 0.05) is 4.90 Å². The van der Waals surface area contributed by atoms with Gasteiger partial charge in [-0.3, -0.25) is 0 Å². The molecular formula is C9H10Cl2OS. The molecule has 0 aromatic heterocycles. The van der Waals surface area contributed by atoms with E-state index in [2.05, 4.69) is 0 Å². The molecule has 0 radical (unpaired) electrons. The number of thioether (sulfide) groups is 1. The Morgan fingerprint density at radius 3 is 2.62 bits per heavy atom. The minimum Gasteiger partial charge on any atom is -0.492 e. The SMILES string of the molecule is CCOc1ccc(Cl)c(SC)c1Cl. The molecule has 0 bridgehead atoms. The van der Waals surface area contributed by atoms with Crippen molar-refractivity contribution in [3.63, 3.8) is 0 Å². The molecule has 72 valence electrons. The zero-order valence-electron chi connectivity index (χ0n) is 7.43. The zero-order chi connectivity index (χ0) is 9.84. The lowest BCUT2D eigenvalue weighted by atomic mass is 10.3. The number of ether oxygens (including phenoxy) is 1. The molecule has 0 spiro atoms. The third-order valence-electron chi connectivity index (χ3n) is 1.52. The third kappa shape index (κ3) is 2.46. The first-order valence-electron chi connectivity index (χ1n) is 3.85. The number of benzene rings is 1. The number of halogens is 2. The fourth-order valence-electron chi connectivity index (χ4n) is 0.969. The highest BCUT2D eigenvalue weighted by Gasteiger charge is 2.09. The molecule has 0 unspecified atom stereocenters. The van der Waals surface area contributed by atoms with Crippen molar-refractivity contribution in [1.82, 2.24) is 0 Å². The number of rotatable bonds is 3. The van der Waals surface area contributed by atoms with E-state index in [0.717, 1.165) is 4.90 Å². The molecule has 0 N–H and O–H groups in total. The van der Waals surface area contributed by atoms with Crippen molar-refractivity contribution in [2.45, 2.75) is 11.8 Å². The Labute approximate surface area is 92.4 Å². The second-order valence-corrected chi connectivity index (χ2v) is 3.93. The van der Waals surface area contributed by atoms with E-state index in [1.807, 2.05) is 13.2 Å². The van der Waals surface area contributed by atoms with E-state index in [-0.39, 0.29) is 0 Å². The molecule has 1 rings (SSSR count). The largest absolute Gasteiger partial charge is 0.492 e. The van der Waals surface area contributed by atoms with Gasteiger partial charge < -0.3 is 4.74 Å². The van der Waals surface area contributed by atoms with Crippen molar-refractivity contribution in [2.24, 2.45) is 0 Å². The zero-order valence-corrected chi connectivity index (χ0v) is 9.76. The Hall–Kier alpha value is -0.0500. The molecule has 0 aliphatic heterocycles. The summed E-state index contributed by atoms with van der Waals surface area (Å²) in [5.41, 5.74) is 0. The van der Waals surface area contributed by atoms with Crippen LogP contribution in [0.2, 0.25) is 10.0 Å². The lowest BCUT2D eigenvalue weighted by Gasteiger charge is -2.09. The number of hydrogen-bond acceptors (Lipinski definition) is 2. The minimum atomic E-state index is 0.599. The Morgan fingerprint density at radius 1 is 1.38 bits per heavy atom. The molecule has 0 atom stereocenters. The van der Waals surface area contributed by atoms with Gasteiger partial charge in [-0.25, -0.2) is 0 Å². The molecule has 0 saturated carbocycles. The van der Waals surface area contributed by atoms with Crippen LogP contribution in [0.25, 0.3) is 0 Å². The molecular weight excluding hydrogens is 227 g/mol. The van der Waals surface area contributed by atoms with E-state index in [4.69, 9.17) is 27.9 Å². The smallest absolute Gasteiger partial charge is 0.139 e. The van der Waals surface area contributed by atoms with Crippen LogP contribution < -0.4 is 4.74 Å². The van der Waals surface area contributed by atoms with Gasteiger partial charge in [0.15, 0.2) is 0 Å².